The van der Waals surface area contributed by atoms with Crippen molar-refractivity contribution in [2.24, 2.45) is 0 Å². The van der Waals surface area contributed by atoms with Gasteiger partial charge in [0, 0.05) is 12.3 Å². The largest absolute Gasteiger partial charge is 0.510 e. The summed E-state index contributed by atoms with van der Waals surface area (Å²) in [7, 11) is 0. The fourth-order valence-electron chi connectivity index (χ4n) is 3.41. The molecule has 9 heteroatoms. The zero-order valence-corrected chi connectivity index (χ0v) is 21.0. The lowest BCUT2D eigenvalue weighted by molar-refractivity contribution is -0.148. The molecule has 0 aliphatic carbocycles. The Morgan fingerprint density at radius 1 is 1.21 bits per heavy atom. The van der Waals surface area contributed by atoms with E-state index in [-0.39, 0.29) is 18.5 Å². The van der Waals surface area contributed by atoms with Gasteiger partial charge in [0.2, 0.25) is 5.91 Å². The minimum Gasteiger partial charge on any atom is -0.465 e. The van der Waals surface area contributed by atoms with Crippen LogP contribution in [0.4, 0.5) is 4.79 Å². The summed E-state index contributed by atoms with van der Waals surface area (Å²) in [5.74, 6) is 0.580. The van der Waals surface area contributed by atoms with E-state index in [9.17, 15) is 14.4 Å². The van der Waals surface area contributed by atoms with Crippen molar-refractivity contribution < 1.29 is 28.6 Å². The van der Waals surface area contributed by atoms with Gasteiger partial charge in [0.05, 0.1) is 18.4 Å². The Labute approximate surface area is 200 Å². The van der Waals surface area contributed by atoms with Gasteiger partial charge in [0.15, 0.2) is 6.23 Å². The standard InChI is InChI=1S/C24H36N2O6S/c1-6-30-22(28)19(13-12-18-10-8-7-9-11-18)25-17(2)21(27)26-14-15-33-16-20(26)31-23(29)32-24(3,4)5/h7-11,17,19-20,25H,6,12-16H2,1-5H3/t17-,19?,20?/m0/s1. The van der Waals surface area contributed by atoms with Crippen molar-refractivity contribution in [2.75, 3.05) is 24.7 Å². The number of hydrogen-bond acceptors (Lipinski definition) is 8. The molecule has 0 spiro atoms. The summed E-state index contributed by atoms with van der Waals surface area (Å²) >= 11 is 1.61. The van der Waals surface area contributed by atoms with E-state index in [0.717, 1.165) is 11.3 Å². The number of carbonyl (C=O) groups is 3. The van der Waals surface area contributed by atoms with E-state index < -0.39 is 30.1 Å². The van der Waals surface area contributed by atoms with Crippen LogP contribution in [-0.2, 0) is 30.2 Å². The first-order valence-electron chi connectivity index (χ1n) is 11.3. The predicted octanol–water partition coefficient (Wildman–Crippen LogP) is 3.38. The number of nitrogens with one attached hydrogen (secondary N) is 1. The zero-order valence-electron chi connectivity index (χ0n) is 20.2. The molecule has 0 saturated carbocycles. The van der Waals surface area contributed by atoms with E-state index in [1.54, 1.807) is 46.4 Å². The molecule has 1 aliphatic heterocycles. The number of thioether (sulfide) groups is 1. The predicted molar refractivity (Wildman–Crippen MR) is 128 cm³/mol. The van der Waals surface area contributed by atoms with Gasteiger partial charge in [0.25, 0.3) is 0 Å². The second-order valence-corrected chi connectivity index (χ2v) is 10.0. The normalized spacial score (nSPS) is 18.2. The lowest BCUT2D eigenvalue weighted by Crippen LogP contribution is -2.56. The molecular weight excluding hydrogens is 444 g/mol. The summed E-state index contributed by atoms with van der Waals surface area (Å²) in [6.45, 7) is 9.43. The van der Waals surface area contributed by atoms with Crippen molar-refractivity contribution >= 4 is 29.8 Å². The number of esters is 1. The van der Waals surface area contributed by atoms with Crippen molar-refractivity contribution in [1.29, 1.82) is 0 Å². The number of benzene rings is 1. The van der Waals surface area contributed by atoms with Crippen LogP contribution in [0.2, 0.25) is 0 Å². The molecule has 184 valence electrons. The van der Waals surface area contributed by atoms with Crippen LogP contribution in [0.1, 0.15) is 46.6 Å². The number of amides is 1. The van der Waals surface area contributed by atoms with Crippen molar-refractivity contribution in [3.8, 4) is 0 Å². The van der Waals surface area contributed by atoms with Crippen LogP contribution >= 0.6 is 11.8 Å². The molecule has 2 rings (SSSR count). The Hall–Kier alpha value is -2.26. The van der Waals surface area contributed by atoms with Crippen LogP contribution in [0, 0.1) is 0 Å². The topological polar surface area (TPSA) is 94.2 Å². The highest BCUT2D eigenvalue weighted by atomic mass is 32.2. The summed E-state index contributed by atoms with van der Waals surface area (Å²) in [5, 5.41) is 3.14. The lowest BCUT2D eigenvalue weighted by Gasteiger charge is -2.36. The minimum atomic E-state index is -0.805. The Kier molecular flexibility index (Phi) is 10.5. The van der Waals surface area contributed by atoms with Gasteiger partial charge in [-0.05, 0) is 53.0 Å². The molecule has 0 aromatic heterocycles. The molecule has 1 N–H and O–H groups in total. The van der Waals surface area contributed by atoms with Crippen LogP contribution < -0.4 is 5.32 Å². The Bertz CT molecular complexity index is 783. The van der Waals surface area contributed by atoms with Crippen LogP contribution in [0.25, 0.3) is 0 Å². The molecule has 1 amide bonds. The third kappa shape index (κ3) is 9.25. The van der Waals surface area contributed by atoms with E-state index in [4.69, 9.17) is 14.2 Å². The van der Waals surface area contributed by atoms with Crippen LogP contribution in [0.5, 0.6) is 0 Å². The number of carbonyl (C=O) groups excluding carboxylic acids is 3. The van der Waals surface area contributed by atoms with E-state index in [1.165, 1.54) is 4.90 Å². The van der Waals surface area contributed by atoms with Crippen LogP contribution in [0.15, 0.2) is 30.3 Å². The molecule has 1 heterocycles. The van der Waals surface area contributed by atoms with Gasteiger partial charge in [-0.3, -0.25) is 14.9 Å². The first-order valence-corrected chi connectivity index (χ1v) is 12.5. The molecule has 8 nitrogen and oxygen atoms in total. The van der Waals surface area contributed by atoms with Gasteiger partial charge in [-0.15, -0.1) is 0 Å². The molecule has 1 aromatic carbocycles. The number of hydrogen-bond donors (Lipinski definition) is 1. The van der Waals surface area contributed by atoms with Gasteiger partial charge in [0.1, 0.15) is 11.6 Å². The lowest BCUT2D eigenvalue weighted by atomic mass is 10.0. The molecule has 0 radical (unpaired) electrons. The maximum atomic E-state index is 13.2. The highest BCUT2D eigenvalue weighted by molar-refractivity contribution is 7.99. The molecule has 2 unspecified atom stereocenters. The SMILES string of the molecule is CCOC(=O)C(CCc1ccccc1)N[C@@H](C)C(=O)N1CCSCC1OC(=O)OC(C)(C)C. The van der Waals surface area contributed by atoms with Crippen LogP contribution in [0.3, 0.4) is 0 Å². The summed E-state index contributed by atoms with van der Waals surface area (Å²) in [4.78, 5) is 39.5. The average Bonchev–Trinajstić information content (AvgIpc) is 2.75. The second kappa shape index (κ2) is 12.8. The van der Waals surface area contributed by atoms with Gasteiger partial charge >= 0.3 is 12.1 Å². The molecule has 1 aromatic rings. The van der Waals surface area contributed by atoms with Gasteiger partial charge < -0.3 is 19.1 Å². The number of rotatable bonds is 9. The highest BCUT2D eigenvalue weighted by Gasteiger charge is 2.35. The van der Waals surface area contributed by atoms with E-state index in [1.807, 2.05) is 30.3 Å². The third-order valence-corrected chi connectivity index (χ3v) is 5.94. The Balaban J connectivity index is 2.03. The molecule has 1 aliphatic rings. The summed E-state index contributed by atoms with van der Waals surface area (Å²) in [5.41, 5.74) is 0.417. The van der Waals surface area contributed by atoms with Crippen molar-refractivity contribution in [2.45, 2.75) is 71.4 Å². The maximum Gasteiger partial charge on any atom is 0.510 e. The quantitative estimate of drug-likeness (QED) is 0.538. The third-order valence-electron chi connectivity index (χ3n) is 4.95. The van der Waals surface area contributed by atoms with E-state index >= 15 is 0 Å². The number of nitrogens with zero attached hydrogens (tertiary/aromatic N) is 1. The second-order valence-electron chi connectivity index (χ2n) is 8.86. The smallest absolute Gasteiger partial charge is 0.465 e. The summed E-state index contributed by atoms with van der Waals surface area (Å²) in [6.07, 6.45) is -0.363. The first-order chi connectivity index (χ1) is 15.6. The Morgan fingerprint density at radius 2 is 1.91 bits per heavy atom. The summed E-state index contributed by atoms with van der Waals surface area (Å²) < 4.78 is 15.9. The van der Waals surface area contributed by atoms with Crippen molar-refractivity contribution in [1.82, 2.24) is 10.2 Å². The van der Waals surface area contributed by atoms with Gasteiger partial charge in [-0.25, -0.2) is 4.79 Å². The van der Waals surface area contributed by atoms with Crippen LogP contribution in [-0.4, -0.2) is 71.5 Å². The van der Waals surface area contributed by atoms with Crippen molar-refractivity contribution in [3.63, 3.8) is 0 Å². The van der Waals surface area contributed by atoms with Gasteiger partial charge in [-0.1, -0.05) is 30.3 Å². The first kappa shape index (κ1) is 27.0. The molecule has 1 saturated heterocycles. The fourth-order valence-corrected chi connectivity index (χ4v) is 4.35. The zero-order chi connectivity index (χ0) is 24.4. The molecule has 3 atom stereocenters. The number of aryl methyl sites for hydroxylation is 1. The van der Waals surface area contributed by atoms with E-state index in [2.05, 4.69) is 5.32 Å². The molecule has 0 bridgehead atoms. The maximum absolute atomic E-state index is 13.2. The van der Waals surface area contributed by atoms with E-state index in [0.29, 0.717) is 25.1 Å². The minimum absolute atomic E-state index is 0.238. The van der Waals surface area contributed by atoms with Crippen molar-refractivity contribution in [3.05, 3.63) is 35.9 Å². The molecule has 33 heavy (non-hydrogen) atoms. The monoisotopic (exact) mass is 480 g/mol. The summed E-state index contributed by atoms with van der Waals surface area (Å²) in [6, 6.07) is 8.55. The average molecular weight is 481 g/mol. The van der Waals surface area contributed by atoms with Gasteiger partial charge in [-0.2, -0.15) is 11.8 Å². The Morgan fingerprint density at radius 3 is 2.55 bits per heavy atom. The molecular formula is C24H36N2O6S. The molecule has 1 fully saturated rings. The fraction of sp³-hybridized carbons (Fsp3) is 0.625. The number of ether oxygens (including phenoxy) is 3. The highest BCUT2D eigenvalue weighted by Crippen LogP contribution is 2.20.